The van der Waals surface area contributed by atoms with Gasteiger partial charge in [-0.3, -0.25) is 9.97 Å². The van der Waals surface area contributed by atoms with Crippen LogP contribution in [0.3, 0.4) is 0 Å². The Morgan fingerprint density at radius 1 is 0.750 bits per heavy atom. The second-order valence-corrected chi connectivity index (χ2v) is 5.57. The van der Waals surface area contributed by atoms with Crippen molar-refractivity contribution in [3.63, 3.8) is 0 Å². The molecule has 0 aliphatic carbocycles. The second kappa shape index (κ2) is 6.59. The largest absolute Gasteiger partial charge is 0.305 e. The maximum Gasteiger partial charge on any atom is 0.0889 e. The molecular weight excluding hydrogens is 248 g/mol. The highest BCUT2D eigenvalue weighted by molar-refractivity contribution is 5.55. The van der Waals surface area contributed by atoms with Gasteiger partial charge in [0, 0.05) is 25.5 Å². The third kappa shape index (κ3) is 4.11. The summed E-state index contributed by atoms with van der Waals surface area (Å²) in [6.07, 6.45) is 3.71. The van der Waals surface area contributed by atoms with E-state index < -0.39 is 0 Å². The van der Waals surface area contributed by atoms with Gasteiger partial charge in [0.1, 0.15) is 0 Å². The number of rotatable bonds is 5. The van der Waals surface area contributed by atoms with Gasteiger partial charge in [-0.2, -0.15) is 0 Å². The SMILES string of the molecule is CN(C)Cc1ccnc(-c2cc(CN(C)C)ccn2)c1. The average molecular weight is 270 g/mol. The number of hydrogen-bond donors (Lipinski definition) is 0. The quantitative estimate of drug-likeness (QED) is 0.834. The van der Waals surface area contributed by atoms with E-state index in [2.05, 4.69) is 60.1 Å². The highest BCUT2D eigenvalue weighted by Gasteiger charge is 2.05. The summed E-state index contributed by atoms with van der Waals surface area (Å²) in [7, 11) is 8.26. The summed E-state index contributed by atoms with van der Waals surface area (Å²) in [6.45, 7) is 1.82. The van der Waals surface area contributed by atoms with Crippen LogP contribution in [0.15, 0.2) is 36.7 Å². The normalized spacial score (nSPS) is 11.3. The standard InChI is InChI=1S/C16H22N4/c1-19(2)11-13-5-7-17-15(9-13)16-10-14(6-8-18-16)12-20(3)4/h5-10H,11-12H2,1-4H3. The molecule has 0 aliphatic heterocycles. The lowest BCUT2D eigenvalue weighted by atomic mass is 10.1. The van der Waals surface area contributed by atoms with Crippen LogP contribution in [0.4, 0.5) is 0 Å². The van der Waals surface area contributed by atoms with Crippen LogP contribution in [-0.2, 0) is 13.1 Å². The van der Waals surface area contributed by atoms with E-state index in [9.17, 15) is 0 Å². The van der Waals surface area contributed by atoms with Crippen LogP contribution in [0, 0.1) is 0 Å². The summed E-state index contributed by atoms with van der Waals surface area (Å²) in [5, 5.41) is 0. The maximum absolute atomic E-state index is 4.44. The molecule has 4 nitrogen and oxygen atoms in total. The fourth-order valence-corrected chi connectivity index (χ4v) is 2.16. The lowest BCUT2D eigenvalue weighted by Crippen LogP contribution is -2.11. The molecule has 2 rings (SSSR count). The maximum atomic E-state index is 4.44. The first kappa shape index (κ1) is 14.6. The first-order valence-electron chi connectivity index (χ1n) is 6.74. The highest BCUT2D eigenvalue weighted by atomic mass is 15.1. The van der Waals surface area contributed by atoms with Gasteiger partial charge in [-0.25, -0.2) is 0 Å². The summed E-state index contributed by atoms with van der Waals surface area (Å²) in [5.41, 5.74) is 4.37. The van der Waals surface area contributed by atoms with Gasteiger partial charge in [0.25, 0.3) is 0 Å². The third-order valence-corrected chi connectivity index (χ3v) is 2.91. The van der Waals surface area contributed by atoms with E-state index in [-0.39, 0.29) is 0 Å². The van der Waals surface area contributed by atoms with Gasteiger partial charge in [0.05, 0.1) is 11.4 Å². The van der Waals surface area contributed by atoms with Crippen molar-refractivity contribution in [3.05, 3.63) is 47.8 Å². The van der Waals surface area contributed by atoms with E-state index in [0.717, 1.165) is 24.5 Å². The van der Waals surface area contributed by atoms with Gasteiger partial charge in [0.15, 0.2) is 0 Å². The van der Waals surface area contributed by atoms with Crippen molar-refractivity contribution >= 4 is 0 Å². The molecule has 2 heterocycles. The Labute approximate surface area is 121 Å². The summed E-state index contributed by atoms with van der Waals surface area (Å²) in [5.74, 6) is 0. The van der Waals surface area contributed by atoms with Crippen molar-refractivity contribution in [2.45, 2.75) is 13.1 Å². The lowest BCUT2D eigenvalue weighted by molar-refractivity contribution is 0.402. The Hall–Kier alpha value is -1.78. The minimum absolute atomic E-state index is 0.910. The summed E-state index contributed by atoms with van der Waals surface area (Å²) >= 11 is 0. The van der Waals surface area contributed by atoms with Crippen molar-refractivity contribution in [3.8, 4) is 11.4 Å². The summed E-state index contributed by atoms with van der Waals surface area (Å²) in [6, 6.07) is 8.32. The number of aromatic nitrogens is 2. The van der Waals surface area contributed by atoms with E-state index in [1.165, 1.54) is 11.1 Å². The number of nitrogens with zero attached hydrogens (tertiary/aromatic N) is 4. The van der Waals surface area contributed by atoms with E-state index in [4.69, 9.17) is 0 Å². The third-order valence-electron chi connectivity index (χ3n) is 2.91. The average Bonchev–Trinajstić information content (AvgIpc) is 2.38. The van der Waals surface area contributed by atoms with Gasteiger partial charge in [-0.05, 0) is 63.6 Å². The molecule has 2 aromatic rings. The van der Waals surface area contributed by atoms with E-state index in [1.807, 2.05) is 24.5 Å². The van der Waals surface area contributed by atoms with Crippen molar-refractivity contribution in [1.82, 2.24) is 19.8 Å². The molecule has 0 bridgehead atoms. The predicted molar refractivity (Wildman–Crippen MR) is 82.3 cm³/mol. The van der Waals surface area contributed by atoms with Crippen LogP contribution in [-0.4, -0.2) is 48.0 Å². The Morgan fingerprint density at radius 2 is 1.15 bits per heavy atom. The predicted octanol–water partition coefficient (Wildman–Crippen LogP) is 2.27. The minimum atomic E-state index is 0.910. The van der Waals surface area contributed by atoms with Gasteiger partial charge in [-0.15, -0.1) is 0 Å². The van der Waals surface area contributed by atoms with Crippen LogP contribution < -0.4 is 0 Å². The first-order chi connectivity index (χ1) is 9.54. The molecular formula is C16H22N4. The topological polar surface area (TPSA) is 32.3 Å². The van der Waals surface area contributed by atoms with Crippen molar-refractivity contribution in [2.75, 3.05) is 28.2 Å². The Bertz CT molecular complexity index is 512. The second-order valence-electron chi connectivity index (χ2n) is 5.57. The van der Waals surface area contributed by atoms with Crippen LogP contribution in [0.5, 0.6) is 0 Å². The smallest absolute Gasteiger partial charge is 0.0889 e. The van der Waals surface area contributed by atoms with Gasteiger partial charge >= 0.3 is 0 Å². The Kier molecular flexibility index (Phi) is 4.82. The molecule has 0 N–H and O–H groups in total. The van der Waals surface area contributed by atoms with E-state index >= 15 is 0 Å². The molecule has 4 heteroatoms. The fourth-order valence-electron chi connectivity index (χ4n) is 2.16. The zero-order valence-corrected chi connectivity index (χ0v) is 12.7. The van der Waals surface area contributed by atoms with Crippen LogP contribution in [0.25, 0.3) is 11.4 Å². The molecule has 0 unspecified atom stereocenters. The van der Waals surface area contributed by atoms with E-state index in [0.29, 0.717) is 0 Å². The van der Waals surface area contributed by atoms with Gasteiger partial charge in [-0.1, -0.05) is 0 Å². The molecule has 106 valence electrons. The molecule has 0 fully saturated rings. The number of pyridine rings is 2. The molecule has 0 aliphatic rings. The molecule has 0 atom stereocenters. The van der Waals surface area contributed by atoms with Gasteiger partial charge < -0.3 is 9.80 Å². The molecule has 0 radical (unpaired) electrons. The van der Waals surface area contributed by atoms with Crippen LogP contribution in [0.2, 0.25) is 0 Å². The molecule has 0 amide bonds. The van der Waals surface area contributed by atoms with Crippen LogP contribution >= 0.6 is 0 Å². The monoisotopic (exact) mass is 270 g/mol. The van der Waals surface area contributed by atoms with Crippen molar-refractivity contribution < 1.29 is 0 Å². The fraction of sp³-hybridized carbons (Fsp3) is 0.375. The Balaban J connectivity index is 2.26. The minimum Gasteiger partial charge on any atom is -0.305 e. The zero-order chi connectivity index (χ0) is 14.5. The van der Waals surface area contributed by atoms with Gasteiger partial charge in [0.2, 0.25) is 0 Å². The molecule has 0 spiro atoms. The highest BCUT2D eigenvalue weighted by Crippen LogP contribution is 2.17. The van der Waals surface area contributed by atoms with Crippen LogP contribution in [0.1, 0.15) is 11.1 Å². The zero-order valence-electron chi connectivity index (χ0n) is 12.7. The molecule has 0 saturated heterocycles. The van der Waals surface area contributed by atoms with E-state index in [1.54, 1.807) is 0 Å². The Morgan fingerprint density at radius 3 is 1.50 bits per heavy atom. The molecule has 0 saturated carbocycles. The molecule has 20 heavy (non-hydrogen) atoms. The van der Waals surface area contributed by atoms with Crippen molar-refractivity contribution in [2.24, 2.45) is 0 Å². The lowest BCUT2D eigenvalue weighted by Gasteiger charge is -2.12. The molecule has 2 aromatic heterocycles. The first-order valence-corrected chi connectivity index (χ1v) is 6.74. The molecule has 0 aromatic carbocycles. The summed E-state index contributed by atoms with van der Waals surface area (Å²) in [4.78, 5) is 13.2. The summed E-state index contributed by atoms with van der Waals surface area (Å²) < 4.78 is 0. The number of hydrogen-bond acceptors (Lipinski definition) is 4. The van der Waals surface area contributed by atoms with Crippen molar-refractivity contribution in [1.29, 1.82) is 0 Å².